The minimum atomic E-state index is -3.00. The van der Waals surface area contributed by atoms with E-state index < -0.39 is 19.2 Å². The van der Waals surface area contributed by atoms with E-state index in [0.29, 0.717) is 5.58 Å². The second-order valence-corrected chi connectivity index (χ2v) is 19.5. The molecule has 0 aliphatic carbocycles. The van der Waals surface area contributed by atoms with Crippen molar-refractivity contribution in [3.63, 3.8) is 0 Å². The Bertz CT molecular complexity index is 953. The van der Waals surface area contributed by atoms with Gasteiger partial charge in [-0.25, -0.2) is 0 Å². The van der Waals surface area contributed by atoms with Crippen LogP contribution in [0.5, 0.6) is 5.75 Å². The van der Waals surface area contributed by atoms with Crippen LogP contribution in [0.4, 0.5) is 0 Å². The summed E-state index contributed by atoms with van der Waals surface area (Å²) in [6.45, 7) is 8.64. The fourth-order valence-corrected chi connectivity index (χ4v) is 18.3. The Hall–Kier alpha value is -0.701. The van der Waals surface area contributed by atoms with Crippen molar-refractivity contribution < 1.29 is 15.3 Å². The summed E-state index contributed by atoms with van der Waals surface area (Å²) in [5, 5.41) is 0.939. The molecule has 0 bridgehead atoms. The number of aryl methyl sites for hydroxylation is 1. The number of rotatable bonds is 8. The first-order valence-corrected chi connectivity index (χ1v) is 19.0. The van der Waals surface area contributed by atoms with Crippen LogP contribution in [0.1, 0.15) is 52.0 Å². The summed E-state index contributed by atoms with van der Waals surface area (Å²) in [5.74, 6) is 1.89. The molecule has 3 heterocycles. The average Bonchev–Trinajstić information content (AvgIpc) is 3.12. The maximum atomic E-state index is 11.8. The van der Waals surface area contributed by atoms with Crippen molar-refractivity contribution in [3.05, 3.63) is 40.2 Å². The first-order chi connectivity index (χ1) is 14.9. The Morgan fingerprint density at radius 1 is 1.13 bits per heavy atom. The number of hydrogen-bond donors (Lipinski definition) is 0. The first kappa shape index (κ1) is 23.5. The first-order valence-electron chi connectivity index (χ1n) is 11.6. The normalized spacial score (nSPS) is 27.4. The van der Waals surface area contributed by atoms with Crippen LogP contribution < -0.4 is 10.4 Å². The van der Waals surface area contributed by atoms with Gasteiger partial charge in [-0.1, -0.05) is 0 Å². The molecule has 7 heteroatoms. The molecule has 1 aromatic heterocycles. The SMILES string of the molecule is CCC[CH2][Sn]1([CH2]CCC)[O]C2[C@@H](C)[C@H](Oc3ccc4c(C)cc(=O)oc4c3)SC[C@H]2[O]1. The predicted molar refractivity (Wildman–Crippen MR) is 128 cm³/mol. The molecule has 31 heavy (non-hydrogen) atoms. The van der Waals surface area contributed by atoms with Crippen LogP contribution in [0.15, 0.2) is 33.5 Å². The third kappa shape index (κ3) is 5.12. The number of thioether (sulfide) groups is 1. The van der Waals surface area contributed by atoms with E-state index in [1.807, 2.05) is 36.9 Å². The van der Waals surface area contributed by atoms with Gasteiger partial charge >= 0.3 is 195 Å². The number of benzene rings is 1. The second-order valence-electron chi connectivity index (χ2n) is 8.94. The van der Waals surface area contributed by atoms with Gasteiger partial charge in [-0.3, -0.25) is 0 Å². The molecular weight excluding hydrogens is 519 g/mol. The topological polar surface area (TPSA) is 57.9 Å². The Balaban J connectivity index is 1.49. The van der Waals surface area contributed by atoms with Crippen molar-refractivity contribution in [2.75, 3.05) is 5.75 Å². The van der Waals surface area contributed by atoms with Gasteiger partial charge in [0.15, 0.2) is 0 Å². The molecule has 1 unspecified atom stereocenters. The molecule has 2 fully saturated rings. The van der Waals surface area contributed by atoms with Gasteiger partial charge in [-0.15, -0.1) is 0 Å². The summed E-state index contributed by atoms with van der Waals surface area (Å²) >= 11 is -1.19. The molecule has 2 saturated heterocycles. The van der Waals surface area contributed by atoms with Crippen LogP contribution in [0.3, 0.4) is 0 Å². The van der Waals surface area contributed by atoms with Gasteiger partial charge < -0.3 is 0 Å². The fourth-order valence-electron chi connectivity index (χ4n) is 4.67. The van der Waals surface area contributed by atoms with Crippen molar-refractivity contribution in [1.29, 1.82) is 0 Å². The number of fused-ring (bicyclic) bond motifs is 2. The molecule has 1 aromatic carbocycles. The third-order valence-electron chi connectivity index (χ3n) is 6.45. The van der Waals surface area contributed by atoms with Crippen LogP contribution in [0.25, 0.3) is 11.0 Å². The van der Waals surface area contributed by atoms with E-state index in [9.17, 15) is 4.79 Å². The summed E-state index contributed by atoms with van der Waals surface area (Å²) in [4.78, 5) is 11.8. The zero-order valence-corrected chi connectivity index (χ0v) is 22.7. The molecule has 170 valence electrons. The van der Waals surface area contributed by atoms with Gasteiger partial charge in [0.05, 0.1) is 0 Å². The average molecular weight is 553 g/mol. The minimum absolute atomic E-state index is 0.00160. The molecule has 5 nitrogen and oxygen atoms in total. The summed E-state index contributed by atoms with van der Waals surface area (Å²) in [5.41, 5.74) is 1.16. The van der Waals surface area contributed by atoms with Crippen molar-refractivity contribution in [3.8, 4) is 5.75 Å². The molecule has 4 atom stereocenters. The van der Waals surface area contributed by atoms with Crippen molar-refractivity contribution in [2.24, 2.45) is 5.92 Å². The van der Waals surface area contributed by atoms with Gasteiger partial charge in [0.1, 0.15) is 0 Å². The Kier molecular flexibility index (Phi) is 7.61. The molecule has 2 aromatic rings. The predicted octanol–water partition coefficient (Wildman–Crippen LogP) is 6.02. The van der Waals surface area contributed by atoms with Crippen LogP contribution >= 0.6 is 11.8 Å². The molecule has 0 spiro atoms. The van der Waals surface area contributed by atoms with E-state index in [0.717, 1.165) is 22.5 Å². The summed E-state index contributed by atoms with van der Waals surface area (Å²) in [6.07, 6.45) is 5.16. The van der Waals surface area contributed by atoms with Crippen molar-refractivity contribution >= 4 is 41.9 Å². The zero-order valence-electron chi connectivity index (χ0n) is 19.0. The number of ether oxygens (including phenoxy) is 1. The zero-order chi connectivity index (χ0) is 22.0. The molecule has 2 aliphatic rings. The summed E-state index contributed by atoms with van der Waals surface area (Å²) < 4.78 is 27.8. The van der Waals surface area contributed by atoms with Gasteiger partial charge in [-0.2, -0.15) is 0 Å². The molecule has 0 radical (unpaired) electrons. The maximum absolute atomic E-state index is 11.8. The molecule has 4 rings (SSSR count). The molecule has 0 amide bonds. The van der Waals surface area contributed by atoms with Crippen LogP contribution in [-0.2, 0) is 6.15 Å². The van der Waals surface area contributed by atoms with E-state index in [2.05, 4.69) is 20.8 Å². The second kappa shape index (κ2) is 10.1. The summed E-state index contributed by atoms with van der Waals surface area (Å²) in [6, 6.07) is 7.29. The monoisotopic (exact) mass is 554 g/mol. The van der Waals surface area contributed by atoms with E-state index in [1.54, 1.807) is 0 Å². The van der Waals surface area contributed by atoms with E-state index >= 15 is 0 Å². The van der Waals surface area contributed by atoms with Gasteiger partial charge in [0.25, 0.3) is 0 Å². The number of unbranched alkanes of at least 4 members (excludes halogenated alkanes) is 2. The third-order valence-corrected chi connectivity index (χ3v) is 18.3. The van der Waals surface area contributed by atoms with Crippen molar-refractivity contribution in [1.82, 2.24) is 0 Å². The van der Waals surface area contributed by atoms with Gasteiger partial charge in [-0.05, 0) is 0 Å². The van der Waals surface area contributed by atoms with Crippen LogP contribution in [0, 0.1) is 12.8 Å². The standard InChI is InChI=1S/C16H16O5S.2C4H9.Sn/c1-8-5-14(18)21-13-6-10(3-4-11(8)13)20-16-9(2)15(19)12(17)7-22-16;2*1-3-4-2;/h3-6,9,12,15-16H,7H2,1-2H3;2*1,3-4H2,2H3;/q-2;;;+2/t9-,12-,15?,16-;;;/m1.../s1. The Morgan fingerprint density at radius 3 is 2.58 bits per heavy atom. The van der Waals surface area contributed by atoms with Gasteiger partial charge in [0, 0.05) is 0 Å². The quantitative estimate of drug-likeness (QED) is 0.295. The van der Waals surface area contributed by atoms with E-state index in [4.69, 9.17) is 15.3 Å². The van der Waals surface area contributed by atoms with E-state index in [-0.39, 0.29) is 29.2 Å². The fraction of sp³-hybridized carbons (Fsp3) is 0.625. The molecule has 0 saturated carbocycles. The molecular formula is C24H34O5SSn. The summed E-state index contributed by atoms with van der Waals surface area (Å²) in [7, 11) is 0. The van der Waals surface area contributed by atoms with E-state index in [1.165, 1.54) is 40.6 Å². The van der Waals surface area contributed by atoms with Gasteiger partial charge in [0.2, 0.25) is 0 Å². The van der Waals surface area contributed by atoms with Crippen LogP contribution in [-0.4, -0.2) is 42.6 Å². The Morgan fingerprint density at radius 2 is 1.87 bits per heavy atom. The molecule has 2 aliphatic heterocycles. The number of hydrogen-bond acceptors (Lipinski definition) is 6. The van der Waals surface area contributed by atoms with Crippen LogP contribution in [0.2, 0.25) is 8.87 Å². The molecule has 0 N–H and O–H groups in total. The van der Waals surface area contributed by atoms with Crippen molar-refractivity contribution in [2.45, 2.75) is 79.9 Å². The Labute approximate surface area is 194 Å².